The summed E-state index contributed by atoms with van der Waals surface area (Å²) in [6, 6.07) is 4.20. The Hall–Kier alpha value is -2.29. The summed E-state index contributed by atoms with van der Waals surface area (Å²) in [6.07, 6.45) is 1.03. The summed E-state index contributed by atoms with van der Waals surface area (Å²) in [5.74, 6) is -1.91. The maximum Gasteiger partial charge on any atom is 0.363 e. The quantitative estimate of drug-likeness (QED) is 0.679. The Balaban J connectivity index is 2.34. The lowest BCUT2D eigenvalue weighted by Crippen LogP contribution is -2.04. The third kappa shape index (κ3) is 2.82. The zero-order chi connectivity index (χ0) is 14.9. The number of rotatable bonds is 4. The Morgan fingerprint density at radius 1 is 1.55 bits per heavy atom. The topological polar surface area (TPSA) is 98.3 Å². The van der Waals surface area contributed by atoms with E-state index in [0.29, 0.717) is 5.56 Å². The van der Waals surface area contributed by atoms with Gasteiger partial charge in [-0.1, -0.05) is 6.07 Å². The van der Waals surface area contributed by atoms with Gasteiger partial charge in [0.1, 0.15) is 12.0 Å². The molecule has 0 saturated heterocycles. The minimum absolute atomic E-state index is 0.0903. The van der Waals surface area contributed by atoms with Crippen LogP contribution in [0.25, 0.3) is 0 Å². The van der Waals surface area contributed by atoms with E-state index in [-0.39, 0.29) is 11.0 Å². The molecule has 1 heterocycles. The normalized spacial score (nSPS) is 10.5. The van der Waals surface area contributed by atoms with Gasteiger partial charge in [0.2, 0.25) is 5.69 Å². The average molecular weight is 344 g/mol. The van der Waals surface area contributed by atoms with Gasteiger partial charge in [0, 0.05) is 0 Å². The Kier molecular flexibility index (Phi) is 3.79. The fourth-order valence-corrected chi connectivity index (χ4v) is 2.03. The van der Waals surface area contributed by atoms with E-state index < -0.39 is 28.1 Å². The van der Waals surface area contributed by atoms with Crippen molar-refractivity contribution in [2.75, 3.05) is 0 Å². The highest BCUT2D eigenvalue weighted by atomic mass is 79.9. The molecule has 0 aliphatic rings. The molecular formula is C11H7BrFN3O4. The Bertz CT molecular complexity index is 669. The van der Waals surface area contributed by atoms with Crippen molar-refractivity contribution in [2.45, 2.75) is 6.54 Å². The molecule has 0 aliphatic carbocycles. The number of carboxylic acids is 1. The molecule has 1 aromatic carbocycles. The summed E-state index contributed by atoms with van der Waals surface area (Å²) in [7, 11) is 0. The summed E-state index contributed by atoms with van der Waals surface area (Å²) in [5, 5.41) is 23.2. The van der Waals surface area contributed by atoms with Gasteiger partial charge in [-0.05, 0) is 33.6 Å². The van der Waals surface area contributed by atoms with Crippen LogP contribution >= 0.6 is 15.9 Å². The molecule has 9 heteroatoms. The van der Waals surface area contributed by atoms with Crippen LogP contribution in [0.1, 0.15) is 16.1 Å². The van der Waals surface area contributed by atoms with E-state index in [1.165, 1.54) is 18.2 Å². The standard InChI is InChI=1S/C11H7BrFN3O4/c12-7-3-6(1-2-8(7)13)4-15-5-9(16(19)20)10(14-15)11(17)18/h1-3,5H,4H2,(H,17,18). The smallest absolute Gasteiger partial charge is 0.363 e. The van der Waals surface area contributed by atoms with Crippen LogP contribution < -0.4 is 0 Å². The van der Waals surface area contributed by atoms with E-state index in [4.69, 9.17) is 5.11 Å². The first-order valence-electron chi connectivity index (χ1n) is 5.27. The van der Waals surface area contributed by atoms with Gasteiger partial charge in [0.25, 0.3) is 0 Å². The molecular weight excluding hydrogens is 337 g/mol. The summed E-state index contributed by atoms with van der Waals surface area (Å²) in [6.45, 7) is 0.0903. The van der Waals surface area contributed by atoms with Crippen LogP contribution in [-0.2, 0) is 6.54 Å². The summed E-state index contributed by atoms with van der Waals surface area (Å²) in [5.41, 5.74) is -0.595. The molecule has 0 aliphatic heterocycles. The van der Waals surface area contributed by atoms with Crippen molar-refractivity contribution in [3.8, 4) is 0 Å². The van der Waals surface area contributed by atoms with E-state index in [9.17, 15) is 19.3 Å². The average Bonchev–Trinajstić information content (AvgIpc) is 2.78. The highest BCUT2D eigenvalue weighted by Gasteiger charge is 2.25. The van der Waals surface area contributed by atoms with Crippen molar-refractivity contribution in [3.05, 3.63) is 56.1 Å². The summed E-state index contributed by atoms with van der Waals surface area (Å²) >= 11 is 3.02. The molecule has 1 N–H and O–H groups in total. The number of carboxylic acid groups (broad SMARTS) is 1. The van der Waals surface area contributed by atoms with Crippen molar-refractivity contribution < 1.29 is 19.2 Å². The number of hydrogen-bond acceptors (Lipinski definition) is 4. The number of hydrogen-bond donors (Lipinski definition) is 1. The van der Waals surface area contributed by atoms with Gasteiger partial charge >= 0.3 is 11.7 Å². The second kappa shape index (κ2) is 5.37. The SMILES string of the molecule is O=C(O)c1nn(Cc2ccc(F)c(Br)c2)cc1[N+](=O)[O-]. The fourth-order valence-electron chi connectivity index (χ4n) is 1.60. The first-order chi connectivity index (χ1) is 9.38. The molecule has 7 nitrogen and oxygen atoms in total. The lowest BCUT2D eigenvalue weighted by atomic mass is 10.2. The molecule has 0 atom stereocenters. The molecule has 0 amide bonds. The molecule has 2 aromatic rings. The van der Waals surface area contributed by atoms with E-state index in [2.05, 4.69) is 21.0 Å². The monoisotopic (exact) mass is 343 g/mol. The van der Waals surface area contributed by atoms with Crippen LogP contribution in [0.3, 0.4) is 0 Å². The van der Waals surface area contributed by atoms with Crippen LogP contribution in [0.15, 0.2) is 28.9 Å². The number of nitrogens with zero attached hydrogens (tertiary/aromatic N) is 3. The maximum absolute atomic E-state index is 13.1. The van der Waals surface area contributed by atoms with Crippen LogP contribution in [0.2, 0.25) is 0 Å². The molecule has 0 bridgehead atoms. The van der Waals surface area contributed by atoms with Crippen molar-refractivity contribution >= 4 is 27.6 Å². The highest BCUT2D eigenvalue weighted by molar-refractivity contribution is 9.10. The summed E-state index contributed by atoms with van der Waals surface area (Å²) in [4.78, 5) is 20.8. The van der Waals surface area contributed by atoms with Crippen molar-refractivity contribution in [2.24, 2.45) is 0 Å². The van der Waals surface area contributed by atoms with E-state index in [1.54, 1.807) is 0 Å². The van der Waals surface area contributed by atoms with Gasteiger partial charge < -0.3 is 5.11 Å². The third-order valence-corrected chi connectivity index (χ3v) is 3.08. The molecule has 0 spiro atoms. The van der Waals surface area contributed by atoms with E-state index in [0.717, 1.165) is 10.9 Å². The van der Waals surface area contributed by atoms with Gasteiger partial charge in [-0.3, -0.25) is 14.8 Å². The van der Waals surface area contributed by atoms with Crippen LogP contribution in [0.5, 0.6) is 0 Å². The van der Waals surface area contributed by atoms with Gasteiger partial charge in [0.05, 0.1) is 15.9 Å². The zero-order valence-electron chi connectivity index (χ0n) is 9.79. The largest absolute Gasteiger partial charge is 0.476 e. The van der Waals surface area contributed by atoms with Gasteiger partial charge in [-0.25, -0.2) is 9.18 Å². The minimum Gasteiger partial charge on any atom is -0.476 e. The minimum atomic E-state index is -1.48. The molecule has 0 radical (unpaired) electrons. The molecule has 1 aromatic heterocycles. The summed E-state index contributed by atoms with van der Waals surface area (Å²) < 4.78 is 14.5. The molecule has 104 valence electrons. The number of carbonyl (C=O) groups is 1. The Labute approximate surface area is 119 Å². The third-order valence-electron chi connectivity index (χ3n) is 2.47. The number of aromatic nitrogens is 2. The highest BCUT2D eigenvalue weighted by Crippen LogP contribution is 2.20. The van der Waals surface area contributed by atoms with Crippen molar-refractivity contribution in [1.29, 1.82) is 0 Å². The maximum atomic E-state index is 13.1. The van der Waals surface area contributed by atoms with Crippen molar-refractivity contribution in [3.63, 3.8) is 0 Å². The zero-order valence-corrected chi connectivity index (χ0v) is 11.4. The van der Waals surface area contributed by atoms with Crippen molar-refractivity contribution in [1.82, 2.24) is 9.78 Å². The van der Waals surface area contributed by atoms with Crippen LogP contribution in [-0.4, -0.2) is 25.8 Å². The lowest BCUT2D eigenvalue weighted by Gasteiger charge is -2.02. The number of nitro groups is 1. The molecule has 0 saturated carbocycles. The molecule has 20 heavy (non-hydrogen) atoms. The second-order valence-electron chi connectivity index (χ2n) is 3.87. The van der Waals surface area contributed by atoms with Gasteiger partial charge in [0.15, 0.2) is 0 Å². The van der Waals surface area contributed by atoms with Gasteiger partial charge in [-0.2, -0.15) is 5.10 Å². The Morgan fingerprint density at radius 3 is 2.75 bits per heavy atom. The number of benzene rings is 1. The van der Waals surface area contributed by atoms with E-state index >= 15 is 0 Å². The first kappa shape index (κ1) is 14.1. The predicted octanol–water partition coefficient (Wildman–Crippen LogP) is 2.44. The van der Waals surface area contributed by atoms with Gasteiger partial charge in [-0.15, -0.1) is 0 Å². The van der Waals surface area contributed by atoms with E-state index in [1.807, 2.05) is 0 Å². The van der Waals surface area contributed by atoms with Crippen LogP contribution in [0.4, 0.5) is 10.1 Å². The Morgan fingerprint density at radius 2 is 2.25 bits per heavy atom. The molecule has 0 fully saturated rings. The lowest BCUT2D eigenvalue weighted by molar-refractivity contribution is -0.385. The number of aromatic carboxylic acids is 1. The molecule has 0 unspecified atom stereocenters. The predicted molar refractivity (Wildman–Crippen MR) is 69.0 cm³/mol. The number of halogens is 2. The fraction of sp³-hybridized carbons (Fsp3) is 0.0909. The molecule has 2 rings (SSSR count). The second-order valence-corrected chi connectivity index (χ2v) is 4.73. The van der Waals surface area contributed by atoms with Crippen LogP contribution in [0, 0.1) is 15.9 Å². The first-order valence-corrected chi connectivity index (χ1v) is 6.07.